The number of rotatable bonds is 17. The number of carboxylic acids is 1. The molecule has 3 unspecified atom stereocenters. The van der Waals surface area contributed by atoms with E-state index >= 15 is 0 Å². The molecule has 0 amide bonds. The Morgan fingerprint density at radius 3 is 1.95 bits per heavy atom. The Hall–Kier alpha value is -2.94. The molecule has 1 aromatic carbocycles. The zero-order valence-corrected chi connectivity index (χ0v) is 23.7. The summed E-state index contributed by atoms with van der Waals surface area (Å²) < 4.78 is 16.5. The predicted molar refractivity (Wildman–Crippen MR) is 144 cm³/mol. The van der Waals surface area contributed by atoms with Gasteiger partial charge in [-0.15, -0.1) is 0 Å². The number of aliphatic carboxylic acids is 1. The van der Waals surface area contributed by atoms with Crippen LogP contribution < -0.4 is 15.2 Å². The first-order valence-corrected chi connectivity index (χ1v) is 13.6. The van der Waals surface area contributed by atoms with E-state index in [2.05, 4.69) is 0 Å². The van der Waals surface area contributed by atoms with Crippen molar-refractivity contribution in [1.29, 1.82) is 0 Å². The Kier molecular flexibility index (Phi) is 14.0. The Labute approximate surface area is 226 Å². The summed E-state index contributed by atoms with van der Waals surface area (Å²) in [6, 6.07) is 4.55. The summed E-state index contributed by atoms with van der Waals surface area (Å²) in [5.74, 6) is -3.19. The van der Waals surface area contributed by atoms with Gasteiger partial charge in [0.25, 0.3) is 0 Å². The predicted octanol–water partition coefficient (Wildman–Crippen LogP) is 5.21. The van der Waals surface area contributed by atoms with Gasteiger partial charge in [0.15, 0.2) is 11.5 Å². The average Bonchev–Trinajstić information content (AvgIpc) is 2.84. The summed E-state index contributed by atoms with van der Waals surface area (Å²) in [5, 5.41) is 9.93. The Balaban J connectivity index is 3.22. The van der Waals surface area contributed by atoms with Gasteiger partial charge in [0.05, 0.1) is 11.8 Å². The minimum absolute atomic E-state index is 0.0271. The van der Waals surface area contributed by atoms with E-state index in [1.807, 2.05) is 20.8 Å². The Morgan fingerprint density at radius 1 is 0.895 bits per heavy atom. The molecule has 38 heavy (non-hydrogen) atoms. The summed E-state index contributed by atoms with van der Waals surface area (Å²) in [6.45, 7) is 11.0. The first-order chi connectivity index (χ1) is 17.9. The summed E-state index contributed by atoms with van der Waals surface area (Å²) >= 11 is 0. The lowest BCUT2D eigenvalue weighted by atomic mass is 9.86. The number of unbranched alkanes of at least 4 members (excludes halogenated alkanes) is 1. The zero-order chi connectivity index (χ0) is 28.9. The second-order valence-corrected chi connectivity index (χ2v) is 10.2. The molecular formula is C29H45NO8. The number of carbonyl (C=O) groups is 4. The van der Waals surface area contributed by atoms with E-state index in [4.69, 9.17) is 19.9 Å². The molecule has 0 heterocycles. The summed E-state index contributed by atoms with van der Waals surface area (Å²) in [5.41, 5.74) is 5.01. The molecule has 1 rings (SSSR count). The normalized spacial score (nSPS) is 15.0. The molecule has 0 aliphatic rings. The Morgan fingerprint density at radius 2 is 1.45 bits per heavy atom. The van der Waals surface area contributed by atoms with Crippen LogP contribution in [0.1, 0.15) is 98.5 Å². The van der Waals surface area contributed by atoms with Crippen molar-refractivity contribution in [3.8, 4) is 11.5 Å². The molecule has 0 saturated carbocycles. The van der Waals surface area contributed by atoms with Gasteiger partial charge in [-0.2, -0.15) is 0 Å². The number of esters is 3. The standard InChI is InChI=1S/C29H45NO8/c1-7-10-13-25(31)36-21(6)17-29(30,28(34)35)18-22-14-15-23(37-26(32)19(4)11-8-2)24(16-22)38-27(33)20(5)12-9-3/h14-16,19-21H,7-13,17-18,30H2,1-6H3,(H,34,35)/t19?,20?,21-,29?/m0/s1. The molecule has 3 N–H and O–H groups in total. The molecule has 1 aromatic rings. The Bertz CT molecular complexity index is 947. The number of ether oxygens (including phenoxy) is 3. The van der Waals surface area contributed by atoms with Crippen molar-refractivity contribution in [2.24, 2.45) is 17.6 Å². The van der Waals surface area contributed by atoms with E-state index in [1.165, 1.54) is 12.1 Å². The molecule has 0 aliphatic heterocycles. The van der Waals surface area contributed by atoms with Gasteiger partial charge in [0.2, 0.25) is 0 Å². The molecular weight excluding hydrogens is 490 g/mol. The summed E-state index contributed by atoms with van der Waals surface area (Å²) in [7, 11) is 0. The van der Waals surface area contributed by atoms with Gasteiger partial charge >= 0.3 is 23.9 Å². The molecule has 214 valence electrons. The maximum Gasteiger partial charge on any atom is 0.324 e. The molecule has 9 heteroatoms. The number of benzene rings is 1. The van der Waals surface area contributed by atoms with E-state index < -0.39 is 35.5 Å². The van der Waals surface area contributed by atoms with E-state index in [0.29, 0.717) is 24.8 Å². The maximum atomic E-state index is 12.7. The lowest BCUT2D eigenvalue weighted by molar-refractivity contribution is -0.153. The highest BCUT2D eigenvalue weighted by molar-refractivity contribution is 5.80. The third-order valence-electron chi connectivity index (χ3n) is 6.34. The smallest absolute Gasteiger partial charge is 0.324 e. The fraction of sp³-hybridized carbons (Fsp3) is 0.655. The third-order valence-corrected chi connectivity index (χ3v) is 6.34. The summed E-state index contributed by atoms with van der Waals surface area (Å²) in [6.07, 6.45) is 3.70. The topological polar surface area (TPSA) is 142 Å². The minimum Gasteiger partial charge on any atom is -0.480 e. The van der Waals surface area contributed by atoms with Crippen LogP contribution >= 0.6 is 0 Å². The highest BCUT2D eigenvalue weighted by Crippen LogP contribution is 2.32. The van der Waals surface area contributed by atoms with Crippen LogP contribution in [0, 0.1) is 11.8 Å². The van der Waals surface area contributed by atoms with Gasteiger partial charge < -0.3 is 25.1 Å². The number of carbonyl (C=O) groups excluding carboxylic acids is 3. The number of hydrogen-bond acceptors (Lipinski definition) is 8. The SMILES string of the molecule is CCCCC(=O)O[C@@H](C)CC(N)(Cc1ccc(OC(=O)C(C)CCC)c(OC(=O)C(C)CCC)c1)C(=O)O. The molecule has 0 aliphatic carbocycles. The van der Waals surface area contributed by atoms with Gasteiger partial charge in [-0.3, -0.25) is 19.2 Å². The van der Waals surface area contributed by atoms with Crippen molar-refractivity contribution in [2.45, 2.75) is 111 Å². The van der Waals surface area contributed by atoms with Gasteiger partial charge in [0, 0.05) is 19.3 Å². The van der Waals surface area contributed by atoms with Crippen molar-refractivity contribution < 1.29 is 38.5 Å². The van der Waals surface area contributed by atoms with Crippen LogP contribution in [0.2, 0.25) is 0 Å². The fourth-order valence-electron chi connectivity index (χ4n) is 4.10. The highest BCUT2D eigenvalue weighted by Gasteiger charge is 2.37. The van der Waals surface area contributed by atoms with Gasteiger partial charge in [-0.05, 0) is 43.9 Å². The van der Waals surface area contributed by atoms with Crippen molar-refractivity contribution in [2.75, 3.05) is 0 Å². The number of carboxylic acid groups (broad SMARTS) is 1. The summed E-state index contributed by atoms with van der Waals surface area (Å²) in [4.78, 5) is 49.4. The third kappa shape index (κ3) is 10.8. The van der Waals surface area contributed by atoms with Crippen LogP contribution in [0.4, 0.5) is 0 Å². The highest BCUT2D eigenvalue weighted by atomic mass is 16.6. The second kappa shape index (κ2) is 16.1. The van der Waals surface area contributed by atoms with Crippen LogP contribution in [0.5, 0.6) is 11.5 Å². The van der Waals surface area contributed by atoms with E-state index in [0.717, 1.165) is 19.3 Å². The van der Waals surface area contributed by atoms with Gasteiger partial charge in [0.1, 0.15) is 11.6 Å². The quantitative estimate of drug-likeness (QED) is 0.203. The van der Waals surface area contributed by atoms with E-state index in [-0.39, 0.29) is 42.6 Å². The molecule has 0 spiro atoms. The molecule has 0 saturated heterocycles. The molecule has 0 fully saturated rings. The van der Waals surface area contributed by atoms with Gasteiger partial charge in [-0.1, -0.05) is 59.9 Å². The first-order valence-electron chi connectivity index (χ1n) is 13.6. The number of nitrogens with two attached hydrogens (primary N) is 1. The molecule has 4 atom stereocenters. The maximum absolute atomic E-state index is 12.7. The van der Waals surface area contributed by atoms with Crippen molar-refractivity contribution in [3.63, 3.8) is 0 Å². The fourth-order valence-corrected chi connectivity index (χ4v) is 4.10. The monoisotopic (exact) mass is 535 g/mol. The molecule has 0 radical (unpaired) electrons. The molecule has 0 aromatic heterocycles. The van der Waals surface area contributed by atoms with Crippen LogP contribution in [0.25, 0.3) is 0 Å². The van der Waals surface area contributed by atoms with Crippen molar-refractivity contribution in [3.05, 3.63) is 23.8 Å². The largest absolute Gasteiger partial charge is 0.480 e. The van der Waals surface area contributed by atoms with Crippen LogP contribution in [-0.4, -0.2) is 40.6 Å². The van der Waals surface area contributed by atoms with Gasteiger partial charge in [-0.25, -0.2) is 0 Å². The van der Waals surface area contributed by atoms with Crippen LogP contribution in [0.3, 0.4) is 0 Å². The lowest BCUT2D eigenvalue weighted by Crippen LogP contribution is -2.52. The van der Waals surface area contributed by atoms with Crippen molar-refractivity contribution in [1.82, 2.24) is 0 Å². The molecule has 9 nitrogen and oxygen atoms in total. The lowest BCUT2D eigenvalue weighted by Gasteiger charge is -2.28. The van der Waals surface area contributed by atoms with Crippen molar-refractivity contribution >= 4 is 23.9 Å². The zero-order valence-electron chi connectivity index (χ0n) is 23.7. The minimum atomic E-state index is -1.75. The van der Waals surface area contributed by atoms with Crippen LogP contribution in [0.15, 0.2) is 18.2 Å². The number of hydrogen-bond donors (Lipinski definition) is 2. The first kappa shape index (κ1) is 33.1. The van der Waals surface area contributed by atoms with Crippen LogP contribution in [-0.2, 0) is 30.3 Å². The molecule has 0 bridgehead atoms. The van der Waals surface area contributed by atoms with E-state index in [9.17, 15) is 24.3 Å². The van der Waals surface area contributed by atoms with E-state index in [1.54, 1.807) is 26.8 Å². The average molecular weight is 536 g/mol. The second-order valence-electron chi connectivity index (χ2n) is 10.2.